The number of ketones is 1. The summed E-state index contributed by atoms with van der Waals surface area (Å²) in [5, 5.41) is 2.12. The summed E-state index contributed by atoms with van der Waals surface area (Å²) >= 11 is 7.08. The largest absolute Gasteiger partial charge is 0.289 e. The van der Waals surface area contributed by atoms with Gasteiger partial charge in [0.05, 0.1) is 0 Å². The van der Waals surface area contributed by atoms with Crippen LogP contribution in [0.1, 0.15) is 15.9 Å². The van der Waals surface area contributed by atoms with E-state index >= 15 is 0 Å². The van der Waals surface area contributed by atoms with Crippen molar-refractivity contribution >= 4 is 48.4 Å². The van der Waals surface area contributed by atoms with Crippen LogP contribution in [0.15, 0.2) is 57.5 Å². The van der Waals surface area contributed by atoms with E-state index in [9.17, 15) is 4.79 Å². The first-order valence-electron chi connectivity index (χ1n) is 6.23. The zero-order valence-corrected chi connectivity index (χ0v) is 13.5. The third-order valence-corrected chi connectivity index (χ3v) is 5.12. The van der Waals surface area contributed by atoms with E-state index in [1.54, 1.807) is 0 Å². The molecule has 3 aromatic rings. The van der Waals surface area contributed by atoms with E-state index in [-0.39, 0.29) is 5.78 Å². The molecule has 0 aromatic heterocycles. The summed E-state index contributed by atoms with van der Waals surface area (Å²) in [6.45, 7) is 0. The summed E-state index contributed by atoms with van der Waals surface area (Å²) in [7, 11) is 0. The molecule has 0 unspecified atom stereocenters. The molecule has 20 heavy (non-hydrogen) atoms. The molecule has 0 saturated heterocycles. The van der Waals surface area contributed by atoms with Gasteiger partial charge in [0.25, 0.3) is 0 Å². The van der Waals surface area contributed by atoms with Gasteiger partial charge in [-0.15, -0.1) is 0 Å². The number of carbonyl (C=O) groups is 1. The molecule has 96 valence electrons. The van der Waals surface area contributed by atoms with Crippen molar-refractivity contribution < 1.29 is 4.79 Å². The number of hydrogen-bond acceptors (Lipinski definition) is 1. The highest BCUT2D eigenvalue weighted by Crippen LogP contribution is 2.43. The van der Waals surface area contributed by atoms with E-state index in [1.807, 2.05) is 42.5 Å². The van der Waals surface area contributed by atoms with E-state index in [0.717, 1.165) is 42.0 Å². The summed E-state index contributed by atoms with van der Waals surface area (Å²) < 4.78 is 1.87. The molecular weight excluding hydrogens is 380 g/mol. The van der Waals surface area contributed by atoms with Crippen LogP contribution in [0.4, 0.5) is 0 Å². The minimum atomic E-state index is 0.0867. The van der Waals surface area contributed by atoms with Crippen molar-refractivity contribution in [1.29, 1.82) is 0 Å². The van der Waals surface area contributed by atoms with Gasteiger partial charge in [0.15, 0.2) is 5.78 Å². The van der Waals surface area contributed by atoms with Crippen LogP contribution in [-0.4, -0.2) is 5.78 Å². The monoisotopic (exact) mass is 386 g/mol. The standard InChI is InChI=1S/C17H8Br2O/c18-13-8-7-10-9-3-2-6-14(19)16(9)17(20)12-5-1-4-11(13)15(10)12/h1-8H. The summed E-state index contributed by atoms with van der Waals surface area (Å²) in [5.41, 5.74) is 3.66. The van der Waals surface area contributed by atoms with Crippen molar-refractivity contribution in [2.45, 2.75) is 0 Å². The van der Waals surface area contributed by atoms with Gasteiger partial charge >= 0.3 is 0 Å². The highest BCUT2D eigenvalue weighted by molar-refractivity contribution is 9.11. The average Bonchev–Trinajstić information content (AvgIpc) is 2.46. The Morgan fingerprint density at radius 3 is 2.30 bits per heavy atom. The molecular formula is C17H8Br2O. The molecule has 4 rings (SSSR count). The van der Waals surface area contributed by atoms with Crippen LogP contribution in [0.3, 0.4) is 0 Å². The molecule has 3 aromatic carbocycles. The number of halogens is 2. The fourth-order valence-electron chi connectivity index (χ4n) is 2.90. The van der Waals surface area contributed by atoms with Crippen molar-refractivity contribution in [3.63, 3.8) is 0 Å². The van der Waals surface area contributed by atoms with Gasteiger partial charge in [-0.25, -0.2) is 0 Å². The zero-order valence-electron chi connectivity index (χ0n) is 10.3. The van der Waals surface area contributed by atoms with Gasteiger partial charge in [0, 0.05) is 25.5 Å². The Morgan fingerprint density at radius 2 is 1.45 bits per heavy atom. The van der Waals surface area contributed by atoms with Crippen LogP contribution in [0, 0.1) is 0 Å². The Morgan fingerprint density at radius 1 is 0.700 bits per heavy atom. The number of fused-ring (bicyclic) bond motifs is 2. The van der Waals surface area contributed by atoms with Crippen LogP contribution in [0.25, 0.3) is 21.9 Å². The van der Waals surface area contributed by atoms with Crippen LogP contribution < -0.4 is 0 Å². The fraction of sp³-hybridized carbons (Fsp3) is 0. The minimum Gasteiger partial charge on any atom is -0.289 e. The van der Waals surface area contributed by atoms with Gasteiger partial charge in [-0.1, -0.05) is 68.3 Å². The van der Waals surface area contributed by atoms with Crippen LogP contribution in [0.5, 0.6) is 0 Å². The molecule has 1 nitrogen and oxygen atoms in total. The molecule has 0 spiro atoms. The molecule has 0 N–H and O–H groups in total. The predicted molar refractivity (Wildman–Crippen MR) is 88.2 cm³/mol. The molecule has 3 heteroatoms. The maximum Gasteiger partial charge on any atom is 0.195 e. The van der Waals surface area contributed by atoms with Crippen molar-refractivity contribution in [2.75, 3.05) is 0 Å². The summed E-state index contributed by atoms with van der Waals surface area (Å²) in [4.78, 5) is 12.8. The molecule has 0 fully saturated rings. The summed E-state index contributed by atoms with van der Waals surface area (Å²) in [6.07, 6.45) is 0. The first-order chi connectivity index (χ1) is 9.68. The van der Waals surface area contributed by atoms with Gasteiger partial charge < -0.3 is 0 Å². The SMILES string of the molecule is O=C1c2c(Br)cccc2-c2ccc(Br)c3cccc1c23. The van der Waals surface area contributed by atoms with Gasteiger partial charge in [0.2, 0.25) is 0 Å². The molecule has 0 saturated carbocycles. The topological polar surface area (TPSA) is 17.1 Å². The molecule has 0 aliphatic heterocycles. The fourth-order valence-corrected chi connectivity index (χ4v) is 3.91. The highest BCUT2D eigenvalue weighted by Gasteiger charge is 2.27. The van der Waals surface area contributed by atoms with Gasteiger partial charge in [0.1, 0.15) is 0 Å². The Bertz CT molecular complexity index is 897. The second-order valence-electron chi connectivity index (χ2n) is 4.81. The molecule has 0 bridgehead atoms. The lowest BCUT2D eigenvalue weighted by Crippen LogP contribution is -2.10. The maximum atomic E-state index is 12.8. The Kier molecular flexibility index (Phi) is 2.63. The highest BCUT2D eigenvalue weighted by atomic mass is 79.9. The number of benzene rings is 3. The lowest BCUT2D eigenvalue weighted by Gasteiger charge is -2.21. The second-order valence-corrected chi connectivity index (χ2v) is 6.52. The molecule has 0 atom stereocenters. The van der Waals surface area contributed by atoms with Crippen molar-refractivity contribution in [3.8, 4) is 11.1 Å². The van der Waals surface area contributed by atoms with Crippen LogP contribution in [0.2, 0.25) is 0 Å². The Labute approximate surface area is 132 Å². The number of rotatable bonds is 0. The van der Waals surface area contributed by atoms with Gasteiger partial charge in [-0.05, 0) is 28.6 Å². The molecule has 0 radical (unpaired) electrons. The van der Waals surface area contributed by atoms with E-state index in [1.165, 1.54) is 0 Å². The normalized spacial score (nSPS) is 12.6. The van der Waals surface area contributed by atoms with Crippen molar-refractivity contribution in [2.24, 2.45) is 0 Å². The Balaban J connectivity index is 2.28. The van der Waals surface area contributed by atoms with Crippen LogP contribution >= 0.6 is 31.9 Å². The number of hydrogen-bond donors (Lipinski definition) is 0. The molecule has 1 aliphatic rings. The minimum absolute atomic E-state index is 0.0867. The van der Waals surface area contributed by atoms with E-state index in [4.69, 9.17) is 0 Å². The van der Waals surface area contributed by atoms with E-state index < -0.39 is 0 Å². The Hall–Kier alpha value is -1.45. The van der Waals surface area contributed by atoms with Crippen molar-refractivity contribution in [3.05, 3.63) is 68.6 Å². The lowest BCUT2D eigenvalue weighted by atomic mass is 9.83. The van der Waals surface area contributed by atoms with Crippen LogP contribution in [-0.2, 0) is 0 Å². The molecule has 0 heterocycles. The van der Waals surface area contributed by atoms with E-state index in [2.05, 4.69) is 37.9 Å². The third kappa shape index (κ3) is 1.51. The summed E-state index contributed by atoms with van der Waals surface area (Å²) in [5.74, 6) is 0.0867. The lowest BCUT2D eigenvalue weighted by molar-refractivity contribution is 0.103. The predicted octanol–water partition coefficient (Wildman–Crippen LogP) is 5.58. The summed E-state index contributed by atoms with van der Waals surface area (Å²) in [6, 6.07) is 15.9. The maximum absolute atomic E-state index is 12.8. The first-order valence-corrected chi connectivity index (χ1v) is 7.82. The average molecular weight is 388 g/mol. The quantitative estimate of drug-likeness (QED) is 0.385. The second kappa shape index (κ2) is 4.27. The smallest absolute Gasteiger partial charge is 0.195 e. The van der Waals surface area contributed by atoms with Gasteiger partial charge in [-0.2, -0.15) is 0 Å². The number of carbonyl (C=O) groups excluding carboxylic acids is 1. The van der Waals surface area contributed by atoms with Crippen molar-refractivity contribution in [1.82, 2.24) is 0 Å². The van der Waals surface area contributed by atoms with Gasteiger partial charge in [-0.3, -0.25) is 4.79 Å². The first kappa shape index (κ1) is 12.3. The molecule has 0 amide bonds. The third-order valence-electron chi connectivity index (χ3n) is 3.76. The zero-order chi connectivity index (χ0) is 13.9. The van der Waals surface area contributed by atoms with E-state index in [0.29, 0.717) is 0 Å². The molecule has 1 aliphatic carbocycles.